The fraction of sp³-hybridized carbons (Fsp3) is 0.333. The summed E-state index contributed by atoms with van der Waals surface area (Å²) < 4.78 is 0. The maximum atomic E-state index is 5.52. The smallest absolute Gasteiger partial charge is 0.144 e. The number of anilines is 1. The Hall–Kier alpha value is -1.94. The van der Waals surface area contributed by atoms with Crippen LogP contribution in [-0.4, -0.2) is 9.97 Å². The van der Waals surface area contributed by atoms with Gasteiger partial charge in [-0.1, -0.05) is 43.2 Å². The van der Waals surface area contributed by atoms with Gasteiger partial charge in [-0.25, -0.2) is 15.8 Å². The van der Waals surface area contributed by atoms with Crippen LogP contribution < -0.4 is 11.3 Å². The van der Waals surface area contributed by atoms with Crippen molar-refractivity contribution in [3.8, 4) is 11.3 Å². The van der Waals surface area contributed by atoms with E-state index in [2.05, 4.69) is 22.5 Å². The maximum absolute atomic E-state index is 5.52. The Morgan fingerprint density at radius 3 is 2.47 bits per heavy atom. The Morgan fingerprint density at radius 2 is 1.79 bits per heavy atom. The minimum atomic E-state index is 0.482. The van der Waals surface area contributed by atoms with Crippen molar-refractivity contribution >= 4 is 5.82 Å². The van der Waals surface area contributed by atoms with Crippen LogP contribution in [-0.2, 0) is 0 Å². The number of nitrogens with zero attached hydrogens (tertiary/aromatic N) is 2. The summed E-state index contributed by atoms with van der Waals surface area (Å²) in [5.41, 5.74) is 4.68. The van der Waals surface area contributed by atoms with Crippen LogP contribution >= 0.6 is 0 Å². The number of hydrazine groups is 1. The van der Waals surface area contributed by atoms with Crippen molar-refractivity contribution in [3.63, 3.8) is 0 Å². The van der Waals surface area contributed by atoms with Gasteiger partial charge in [-0.15, -0.1) is 0 Å². The van der Waals surface area contributed by atoms with Gasteiger partial charge in [-0.05, 0) is 12.8 Å². The lowest BCUT2D eigenvalue weighted by atomic mass is 10.1. The summed E-state index contributed by atoms with van der Waals surface area (Å²) in [4.78, 5) is 9.24. The second kappa shape index (κ2) is 5.36. The largest absolute Gasteiger partial charge is 0.308 e. The number of benzene rings is 1. The minimum Gasteiger partial charge on any atom is -0.308 e. The lowest BCUT2D eigenvalue weighted by Crippen LogP contribution is -2.12. The lowest BCUT2D eigenvalue weighted by Gasteiger charge is -2.12. The maximum Gasteiger partial charge on any atom is 0.144 e. The average Bonchev–Trinajstić information content (AvgIpc) is 3.02. The highest BCUT2D eigenvalue weighted by Crippen LogP contribution is 2.33. The van der Waals surface area contributed by atoms with Crippen molar-refractivity contribution in [2.45, 2.75) is 31.6 Å². The SMILES string of the molecule is NNc1cc(-c2ccccc2)nc(C2CCCC2)n1. The molecule has 1 saturated carbocycles. The van der Waals surface area contributed by atoms with E-state index in [9.17, 15) is 0 Å². The molecule has 1 aromatic carbocycles. The molecular weight excluding hydrogens is 236 g/mol. The first kappa shape index (κ1) is 12.1. The first-order valence-corrected chi connectivity index (χ1v) is 6.78. The van der Waals surface area contributed by atoms with Crippen molar-refractivity contribution in [3.05, 3.63) is 42.2 Å². The third kappa shape index (κ3) is 2.58. The van der Waals surface area contributed by atoms with Crippen molar-refractivity contribution in [1.82, 2.24) is 9.97 Å². The molecule has 0 amide bonds. The van der Waals surface area contributed by atoms with E-state index in [1.807, 2.05) is 24.3 Å². The predicted molar refractivity (Wildman–Crippen MR) is 76.5 cm³/mol. The van der Waals surface area contributed by atoms with E-state index in [0.717, 1.165) is 17.1 Å². The first-order chi connectivity index (χ1) is 9.36. The summed E-state index contributed by atoms with van der Waals surface area (Å²) in [6.45, 7) is 0. The molecule has 2 aromatic rings. The number of nitrogens with one attached hydrogen (secondary N) is 1. The molecule has 0 aliphatic heterocycles. The van der Waals surface area contributed by atoms with Crippen molar-refractivity contribution < 1.29 is 0 Å². The minimum absolute atomic E-state index is 0.482. The second-order valence-electron chi connectivity index (χ2n) is 4.99. The molecule has 4 nitrogen and oxygen atoms in total. The average molecular weight is 254 g/mol. The molecule has 1 heterocycles. The van der Waals surface area contributed by atoms with Gasteiger partial charge in [0, 0.05) is 17.5 Å². The van der Waals surface area contributed by atoms with Gasteiger partial charge in [0.05, 0.1) is 5.69 Å². The number of hydrogen-bond acceptors (Lipinski definition) is 4. The summed E-state index contributed by atoms with van der Waals surface area (Å²) >= 11 is 0. The van der Waals surface area contributed by atoms with E-state index in [-0.39, 0.29) is 0 Å². The molecule has 0 bridgehead atoms. The Balaban J connectivity index is 2.02. The molecule has 4 heteroatoms. The van der Waals surface area contributed by atoms with E-state index in [1.54, 1.807) is 0 Å². The summed E-state index contributed by atoms with van der Waals surface area (Å²) in [5.74, 6) is 7.62. The normalized spacial score (nSPS) is 15.6. The fourth-order valence-electron chi connectivity index (χ4n) is 2.66. The van der Waals surface area contributed by atoms with Gasteiger partial charge in [0.1, 0.15) is 11.6 Å². The topological polar surface area (TPSA) is 63.8 Å². The van der Waals surface area contributed by atoms with E-state index in [4.69, 9.17) is 10.8 Å². The lowest BCUT2D eigenvalue weighted by molar-refractivity contribution is 0.669. The van der Waals surface area contributed by atoms with Crippen LogP contribution in [0.15, 0.2) is 36.4 Å². The van der Waals surface area contributed by atoms with Gasteiger partial charge in [-0.3, -0.25) is 0 Å². The zero-order valence-electron chi connectivity index (χ0n) is 10.8. The molecule has 1 fully saturated rings. The molecular formula is C15H18N4. The van der Waals surface area contributed by atoms with Gasteiger partial charge in [0.15, 0.2) is 0 Å². The van der Waals surface area contributed by atoms with E-state index in [1.165, 1.54) is 25.7 Å². The molecule has 0 saturated heterocycles. The molecule has 0 radical (unpaired) electrons. The molecule has 1 aliphatic carbocycles. The number of rotatable bonds is 3. The summed E-state index contributed by atoms with van der Waals surface area (Å²) in [5, 5.41) is 0. The van der Waals surface area contributed by atoms with Gasteiger partial charge < -0.3 is 5.43 Å². The van der Waals surface area contributed by atoms with Crippen molar-refractivity contribution in [1.29, 1.82) is 0 Å². The molecule has 19 heavy (non-hydrogen) atoms. The van der Waals surface area contributed by atoms with Crippen LogP contribution in [0.4, 0.5) is 5.82 Å². The quantitative estimate of drug-likeness (QED) is 0.652. The molecule has 1 aliphatic rings. The van der Waals surface area contributed by atoms with Gasteiger partial charge in [-0.2, -0.15) is 0 Å². The highest BCUT2D eigenvalue weighted by atomic mass is 15.3. The third-order valence-corrected chi connectivity index (χ3v) is 3.68. The predicted octanol–water partition coefficient (Wildman–Crippen LogP) is 3.09. The van der Waals surface area contributed by atoms with Crippen LogP contribution in [0.3, 0.4) is 0 Å². The molecule has 3 N–H and O–H groups in total. The number of nitrogen functional groups attached to an aromatic ring is 1. The van der Waals surface area contributed by atoms with E-state index in [0.29, 0.717) is 11.7 Å². The van der Waals surface area contributed by atoms with E-state index >= 15 is 0 Å². The molecule has 98 valence electrons. The van der Waals surface area contributed by atoms with Crippen LogP contribution in [0, 0.1) is 0 Å². The zero-order chi connectivity index (χ0) is 13.1. The number of nitrogens with two attached hydrogens (primary N) is 1. The van der Waals surface area contributed by atoms with Crippen LogP contribution in [0.25, 0.3) is 11.3 Å². The molecule has 1 aromatic heterocycles. The Kier molecular flexibility index (Phi) is 3.42. The Labute approximate surface area is 113 Å². The van der Waals surface area contributed by atoms with Crippen LogP contribution in [0.2, 0.25) is 0 Å². The molecule has 0 atom stereocenters. The standard InChI is InChI=1S/C15H18N4/c16-19-14-10-13(11-6-2-1-3-7-11)17-15(18-14)12-8-4-5-9-12/h1-3,6-7,10,12H,4-5,8-9,16H2,(H,17,18,19). The summed E-state index contributed by atoms with van der Waals surface area (Å²) in [6.07, 6.45) is 4.91. The fourth-order valence-corrected chi connectivity index (χ4v) is 2.66. The third-order valence-electron chi connectivity index (χ3n) is 3.68. The highest BCUT2D eigenvalue weighted by molar-refractivity contribution is 5.62. The van der Waals surface area contributed by atoms with Crippen molar-refractivity contribution in [2.24, 2.45) is 5.84 Å². The molecule has 3 rings (SSSR count). The van der Waals surface area contributed by atoms with Gasteiger partial charge >= 0.3 is 0 Å². The van der Waals surface area contributed by atoms with Crippen LogP contribution in [0.5, 0.6) is 0 Å². The summed E-state index contributed by atoms with van der Waals surface area (Å²) in [7, 11) is 0. The van der Waals surface area contributed by atoms with Gasteiger partial charge in [0.25, 0.3) is 0 Å². The van der Waals surface area contributed by atoms with E-state index < -0.39 is 0 Å². The Bertz CT molecular complexity index is 547. The highest BCUT2D eigenvalue weighted by Gasteiger charge is 2.21. The first-order valence-electron chi connectivity index (χ1n) is 6.78. The monoisotopic (exact) mass is 254 g/mol. The van der Waals surface area contributed by atoms with Crippen LogP contribution in [0.1, 0.15) is 37.4 Å². The molecule has 0 unspecified atom stereocenters. The second-order valence-corrected chi connectivity index (χ2v) is 4.99. The Morgan fingerprint density at radius 1 is 1.05 bits per heavy atom. The zero-order valence-corrected chi connectivity index (χ0v) is 10.8. The summed E-state index contributed by atoms with van der Waals surface area (Å²) in [6, 6.07) is 12.0. The number of hydrogen-bond donors (Lipinski definition) is 2. The van der Waals surface area contributed by atoms with Crippen molar-refractivity contribution in [2.75, 3.05) is 5.43 Å². The number of aromatic nitrogens is 2. The van der Waals surface area contributed by atoms with Gasteiger partial charge in [0.2, 0.25) is 0 Å². The molecule has 0 spiro atoms.